The first-order valence-corrected chi connectivity index (χ1v) is 8.04. The van der Waals surface area contributed by atoms with E-state index in [-0.39, 0.29) is 36.9 Å². The van der Waals surface area contributed by atoms with E-state index >= 15 is 0 Å². The Hall–Kier alpha value is -1.44. The molecule has 3 rings (SSSR count). The molecular formula is C14H18ClN3O3S. The predicted molar refractivity (Wildman–Crippen MR) is 90.2 cm³/mol. The van der Waals surface area contributed by atoms with Gasteiger partial charge < -0.3 is 20.7 Å². The van der Waals surface area contributed by atoms with Gasteiger partial charge in [0.25, 0.3) is 5.91 Å². The second-order valence-electron chi connectivity index (χ2n) is 5.03. The van der Waals surface area contributed by atoms with Crippen LogP contribution in [-0.4, -0.2) is 42.5 Å². The van der Waals surface area contributed by atoms with Crippen LogP contribution < -0.4 is 20.7 Å². The Kier molecular flexibility index (Phi) is 5.93. The quantitative estimate of drug-likeness (QED) is 0.774. The van der Waals surface area contributed by atoms with E-state index in [1.165, 1.54) is 0 Å². The molecule has 1 fully saturated rings. The molecule has 2 amide bonds. The fraction of sp³-hybridized carbons (Fsp3) is 0.429. The molecule has 6 nitrogen and oxygen atoms in total. The minimum atomic E-state index is -0.167. The van der Waals surface area contributed by atoms with Crippen LogP contribution in [0.2, 0.25) is 0 Å². The normalized spacial score (nSPS) is 20.0. The minimum absolute atomic E-state index is 0. The number of rotatable bonds is 3. The van der Waals surface area contributed by atoms with E-state index in [2.05, 4.69) is 16.0 Å². The molecule has 1 aromatic carbocycles. The minimum Gasteiger partial charge on any atom is -0.482 e. The Morgan fingerprint density at radius 1 is 1.45 bits per heavy atom. The predicted octanol–water partition coefficient (Wildman–Crippen LogP) is 1.47. The summed E-state index contributed by atoms with van der Waals surface area (Å²) in [6.07, 6.45) is 0.460. The smallest absolute Gasteiger partial charge is 0.262 e. The molecule has 120 valence electrons. The Bertz CT molecular complexity index is 564. The van der Waals surface area contributed by atoms with Gasteiger partial charge in [-0.1, -0.05) is 0 Å². The van der Waals surface area contributed by atoms with Gasteiger partial charge in [0, 0.05) is 42.3 Å². The SMILES string of the molecule is Cl.O=C(CC1CSCCN1)Nc1ccc2c(c1)OCC(=O)N2. The van der Waals surface area contributed by atoms with Crippen LogP contribution in [0.4, 0.5) is 11.4 Å². The fourth-order valence-corrected chi connectivity index (χ4v) is 3.29. The van der Waals surface area contributed by atoms with Gasteiger partial charge in [0.2, 0.25) is 5.91 Å². The van der Waals surface area contributed by atoms with E-state index < -0.39 is 0 Å². The van der Waals surface area contributed by atoms with Crippen LogP contribution in [0.25, 0.3) is 0 Å². The van der Waals surface area contributed by atoms with Crippen molar-refractivity contribution >= 4 is 47.4 Å². The standard InChI is InChI=1S/C14H17N3O3S.ClH/c18-13(6-10-8-21-4-3-15-10)16-9-1-2-11-12(5-9)20-7-14(19)17-11;/h1-2,5,10,15H,3-4,6-8H2,(H,16,18)(H,17,19);1H. The summed E-state index contributed by atoms with van der Waals surface area (Å²) in [4.78, 5) is 23.2. The molecule has 1 aromatic rings. The summed E-state index contributed by atoms with van der Waals surface area (Å²) in [5.41, 5.74) is 1.31. The fourth-order valence-electron chi connectivity index (χ4n) is 2.34. The number of thioether (sulfide) groups is 1. The zero-order valence-corrected chi connectivity index (χ0v) is 13.5. The summed E-state index contributed by atoms with van der Waals surface area (Å²) < 4.78 is 5.33. The monoisotopic (exact) mass is 343 g/mol. The molecule has 2 aliphatic rings. The van der Waals surface area contributed by atoms with Crippen LogP contribution in [0.5, 0.6) is 5.75 Å². The van der Waals surface area contributed by atoms with Crippen molar-refractivity contribution in [3.05, 3.63) is 18.2 Å². The van der Waals surface area contributed by atoms with Crippen LogP contribution >= 0.6 is 24.2 Å². The van der Waals surface area contributed by atoms with Gasteiger partial charge in [-0.2, -0.15) is 11.8 Å². The van der Waals surface area contributed by atoms with Crippen molar-refractivity contribution in [3.8, 4) is 5.75 Å². The Balaban J connectivity index is 0.00000176. The molecule has 0 aliphatic carbocycles. The summed E-state index contributed by atoms with van der Waals surface area (Å²) in [6.45, 7) is 0.961. The Morgan fingerprint density at radius 2 is 2.32 bits per heavy atom. The summed E-state index contributed by atoms with van der Waals surface area (Å²) in [5.74, 6) is 2.47. The van der Waals surface area contributed by atoms with Gasteiger partial charge in [0.05, 0.1) is 5.69 Å². The van der Waals surface area contributed by atoms with E-state index in [9.17, 15) is 9.59 Å². The van der Waals surface area contributed by atoms with Gasteiger partial charge in [0.1, 0.15) is 5.75 Å². The number of carbonyl (C=O) groups excluding carboxylic acids is 2. The zero-order valence-electron chi connectivity index (χ0n) is 11.9. The van der Waals surface area contributed by atoms with Crippen molar-refractivity contribution in [1.29, 1.82) is 0 Å². The lowest BCUT2D eigenvalue weighted by Crippen LogP contribution is -2.39. The van der Waals surface area contributed by atoms with Crippen LogP contribution in [0.1, 0.15) is 6.42 Å². The number of hydrogen-bond acceptors (Lipinski definition) is 5. The highest BCUT2D eigenvalue weighted by atomic mass is 35.5. The van der Waals surface area contributed by atoms with Crippen LogP contribution in [-0.2, 0) is 9.59 Å². The molecule has 22 heavy (non-hydrogen) atoms. The Labute approximate surface area is 139 Å². The lowest BCUT2D eigenvalue weighted by Gasteiger charge is -2.23. The van der Waals surface area contributed by atoms with Gasteiger partial charge >= 0.3 is 0 Å². The second kappa shape index (κ2) is 7.71. The van der Waals surface area contributed by atoms with Crippen LogP contribution in [0, 0.1) is 0 Å². The van der Waals surface area contributed by atoms with Gasteiger partial charge in [-0.3, -0.25) is 9.59 Å². The largest absolute Gasteiger partial charge is 0.482 e. The van der Waals surface area contributed by atoms with Crippen molar-refractivity contribution in [1.82, 2.24) is 5.32 Å². The third-order valence-electron chi connectivity index (χ3n) is 3.33. The molecular weight excluding hydrogens is 326 g/mol. The molecule has 3 N–H and O–H groups in total. The Morgan fingerprint density at radius 3 is 3.09 bits per heavy atom. The van der Waals surface area contributed by atoms with E-state index in [1.807, 2.05) is 11.8 Å². The number of fused-ring (bicyclic) bond motifs is 1. The maximum Gasteiger partial charge on any atom is 0.262 e. The number of amides is 2. The van der Waals surface area contributed by atoms with Crippen molar-refractivity contribution in [2.45, 2.75) is 12.5 Å². The number of anilines is 2. The first-order valence-electron chi connectivity index (χ1n) is 6.88. The molecule has 0 spiro atoms. The number of carbonyl (C=O) groups is 2. The second-order valence-corrected chi connectivity index (χ2v) is 6.18. The van der Waals surface area contributed by atoms with Gasteiger partial charge in [0.15, 0.2) is 6.61 Å². The summed E-state index contributed by atoms with van der Waals surface area (Å²) in [5, 5.41) is 8.92. The first kappa shape index (κ1) is 16.9. The third-order valence-corrected chi connectivity index (χ3v) is 4.46. The summed E-state index contributed by atoms with van der Waals surface area (Å²) in [6, 6.07) is 5.46. The molecule has 1 saturated heterocycles. The summed E-state index contributed by atoms with van der Waals surface area (Å²) >= 11 is 1.87. The lowest BCUT2D eigenvalue weighted by molar-refractivity contribution is -0.119. The maximum atomic E-state index is 12.0. The molecule has 2 heterocycles. The molecule has 0 radical (unpaired) electrons. The van der Waals surface area contributed by atoms with E-state index in [0.717, 1.165) is 18.1 Å². The van der Waals surface area contributed by atoms with E-state index in [1.54, 1.807) is 18.2 Å². The number of halogens is 1. The molecule has 1 atom stereocenters. The van der Waals surface area contributed by atoms with E-state index in [0.29, 0.717) is 23.5 Å². The highest BCUT2D eigenvalue weighted by Crippen LogP contribution is 2.30. The van der Waals surface area contributed by atoms with Crippen molar-refractivity contribution in [2.24, 2.45) is 0 Å². The molecule has 0 saturated carbocycles. The number of hydrogen-bond donors (Lipinski definition) is 3. The molecule has 2 aliphatic heterocycles. The van der Waals surface area contributed by atoms with Gasteiger partial charge in [-0.25, -0.2) is 0 Å². The van der Waals surface area contributed by atoms with Gasteiger partial charge in [-0.15, -0.1) is 12.4 Å². The van der Waals surface area contributed by atoms with Crippen molar-refractivity contribution < 1.29 is 14.3 Å². The van der Waals surface area contributed by atoms with Gasteiger partial charge in [-0.05, 0) is 12.1 Å². The molecule has 8 heteroatoms. The number of ether oxygens (including phenoxy) is 1. The highest BCUT2D eigenvalue weighted by Gasteiger charge is 2.19. The topological polar surface area (TPSA) is 79.5 Å². The maximum absolute atomic E-state index is 12.0. The first-order chi connectivity index (χ1) is 10.2. The van der Waals surface area contributed by atoms with Crippen molar-refractivity contribution in [2.75, 3.05) is 35.3 Å². The average molecular weight is 344 g/mol. The van der Waals surface area contributed by atoms with E-state index in [4.69, 9.17) is 4.74 Å². The third kappa shape index (κ3) is 4.28. The number of benzene rings is 1. The molecule has 0 bridgehead atoms. The van der Waals surface area contributed by atoms with Crippen LogP contribution in [0.3, 0.4) is 0 Å². The number of nitrogens with one attached hydrogen (secondary N) is 3. The van der Waals surface area contributed by atoms with Crippen molar-refractivity contribution in [3.63, 3.8) is 0 Å². The highest BCUT2D eigenvalue weighted by molar-refractivity contribution is 7.99. The average Bonchev–Trinajstić information content (AvgIpc) is 2.48. The molecule has 0 aromatic heterocycles. The van der Waals surface area contributed by atoms with Crippen LogP contribution in [0.15, 0.2) is 18.2 Å². The molecule has 1 unspecified atom stereocenters. The summed E-state index contributed by atoms with van der Waals surface area (Å²) in [7, 11) is 0. The lowest BCUT2D eigenvalue weighted by atomic mass is 10.2. The zero-order chi connectivity index (χ0) is 14.7.